The highest BCUT2D eigenvalue weighted by molar-refractivity contribution is 5.97. The summed E-state index contributed by atoms with van der Waals surface area (Å²) >= 11 is 0. The SMILES string of the molecule is CCOc1cc2occ(C)c2cc1/C(C)=C/C(=O)NCc1ccc(C(=O)O)cc1. The van der Waals surface area contributed by atoms with E-state index in [1.807, 2.05) is 32.9 Å². The minimum absolute atomic E-state index is 0.212. The number of carbonyl (C=O) groups is 2. The molecule has 1 aromatic heterocycles. The highest BCUT2D eigenvalue weighted by atomic mass is 16.5. The molecule has 150 valence electrons. The fourth-order valence-electron chi connectivity index (χ4n) is 3.05. The minimum atomic E-state index is -0.978. The second-order valence-electron chi connectivity index (χ2n) is 6.74. The third-order valence-electron chi connectivity index (χ3n) is 4.61. The number of carboxylic acid groups (broad SMARTS) is 1. The molecule has 1 heterocycles. The zero-order chi connectivity index (χ0) is 21.0. The largest absolute Gasteiger partial charge is 0.493 e. The van der Waals surface area contributed by atoms with Gasteiger partial charge in [0.25, 0.3) is 0 Å². The first-order valence-corrected chi connectivity index (χ1v) is 9.32. The van der Waals surface area contributed by atoms with Gasteiger partial charge in [-0.3, -0.25) is 4.79 Å². The van der Waals surface area contributed by atoms with Crippen LogP contribution in [0.2, 0.25) is 0 Å². The van der Waals surface area contributed by atoms with Crippen LogP contribution in [0.3, 0.4) is 0 Å². The summed E-state index contributed by atoms with van der Waals surface area (Å²) in [6, 6.07) is 10.2. The molecule has 0 saturated heterocycles. The van der Waals surface area contributed by atoms with Crippen LogP contribution in [0.1, 0.15) is 40.9 Å². The molecule has 6 nitrogen and oxygen atoms in total. The smallest absolute Gasteiger partial charge is 0.335 e. The Hall–Kier alpha value is -3.54. The van der Waals surface area contributed by atoms with Gasteiger partial charge in [0.2, 0.25) is 5.91 Å². The Labute approximate surface area is 168 Å². The van der Waals surface area contributed by atoms with Gasteiger partial charge >= 0.3 is 5.97 Å². The van der Waals surface area contributed by atoms with E-state index in [1.54, 1.807) is 18.4 Å². The monoisotopic (exact) mass is 393 g/mol. The van der Waals surface area contributed by atoms with E-state index in [0.29, 0.717) is 18.9 Å². The van der Waals surface area contributed by atoms with Gasteiger partial charge in [-0.25, -0.2) is 4.79 Å². The molecule has 0 atom stereocenters. The molecule has 0 aliphatic heterocycles. The van der Waals surface area contributed by atoms with Crippen molar-refractivity contribution in [3.05, 3.63) is 71.0 Å². The third-order valence-corrected chi connectivity index (χ3v) is 4.61. The van der Waals surface area contributed by atoms with Gasteiger partial charge in [-0.2, -0.15) is 0 Å². The molecule has 3 aromatic rings. The maximum atomic E-state index is 12.4. The average Bonchev–Trinajstić information content (AvgIpc) is 3.06. The number of carboxylic acids is 1. The van der Waals surface area contributed by atoms with Crippen molar-refractivity contribution in [2.24, 2.45) is 0 Å². The average molecular weight is 393 g/mol. The fraction of sp³-hybridized carbons (Fsp3) is 0.217. The van der Waals surface area contributed by atoms with Crippen LogP contribution in [0.25, 0.3) is 16.5 Å². The number of hydrogen-bond donors (Lipinski definition) is 2. The summed E-state index contributed by atoms with van der Waals surface area (Å²) in [5.41, 5.74) is 4.41. The second-order valence-corrected chi connectivity index (χ2v) is 6.74. The summed E-state index contributed by atoms with van der Waals surface area (Å²) in [4.78, 5) is 23.3. The van der Waals surface area contributed by atoms with E-state index in [9.17, 15) is 9.59 Å². The quantitative estimate of drug-likeness (QED) is 0.575. The number of benzene rings is 2. The predicted octanol–water partition coefficient (Wildman–Crippen LogP) is 4.56. The number of carbonyl (C=O) groups excluding carboxylic acids is 1. The van der Waals surface area contributed by atoms with E-state index in [4.69, 9.17) is 14.3 Å². The van der Waals surface area contributed by atoms with Crippen LogP contribution in [0.5, 0.6) is 5.75 Å². The number of nitrogens with one attached hydrogen (secondary N) is 1. The summed E-state index contributed by atoms with van der Waals surface area (Å²) < 4.78 is 11.3. The molecule has 0 unspecified atom stereocenters. The Bertz CT molecular complexity index is 1080. The van der Waals surface area contributed by atoms with Gasteiger partial charge in [0.05, 0.1) is 18.4 Å². The molecule has 0 aliphatic rings. The van der Waals surface area contributed by atoms with Crippen molar-refractivity contribution in [3.63, 3.8) is 0 Å². The Balaban J connectivity index is 1.77. The summed E-state index contributed by atoms with van der Waals surface area (Å²) in [6.45, 7) is 6.55. The molecule has 2 aromatic carbocycles. The zero-order valence-electron chi connectivity index (χ0n) is 16.6. The number of furan rings is 1. The highest BCUT2D eigenvalue weighted by Crippen LogP contribution is 2.33. The number of aryl methyl sites for hydroxylation is 1. The maximum Gasteiger partial charge on any atom is 0.335 e. The molecule has 0 fully saturated rings. The Morgan fingerprint density at radius 2 is 1.93 bits per heavy atom. The molecule has 0 bridgehead atoms. The standard InChI is InChI=1S/C23H23NO5/c1-4-28-20-11-21-19(15(3)13-29-21)10-18(20)14(2)9-22(25)24-12-16-5-7-17(8-6-16)23(26)27/h5-11,13H,4,12H2,1-3H3,(H,24,25)(H,26,27)/b14-9+. The van der Waals surface area contributed by atoms with Crippen molar-refractivity contribution in [2.45, 2.75) is 27.3 Å². The van der Waals surface area contributed by atoms with Crippen LogP contribution in [-0.4, -0.2) is 23.6 Å². The van der Waals surface area contributed by atoms with Crippen LogP contribution in [0.4, 0.5) is 0 Å². The number of rotatable bonds is 7. The van der Waals surface area contributed by atoms with Crippen molar-refractivity contribution in [1.29, 1.82) is 0 Å². The van der Waals surface area contributed by atoms with E-state index >= 15 is 0 Å². The van der Waals surface area contributed by atoms with E-state index < -0.39 is 5.97 Å². The molecule has 29 heavy (non-hydrogen) atoms. The van der Waals surface area contributed by atoms with E-state index in [0.717, 1.165) is 33.2 Å². The van der Waals surface area contributed by atoms with Crippen LogP contribution in [0.15, 0.2) is 53.2 Å². The number of hydrogen-bond acceptors (Lipinski definition) is 4. The lowest BCUT2D eigenvalue weighted by atomic mass is 10.0. The summed E-state index contributed by atoms with van der Waals surface area (Å²) in [5.74, 6) is -0.550. The van der Waals surface area contributed by atoms with Crippen molar-refractivity contribution in [2.75, 3.05) is 6.61 Å². The number of aromatic carboxylic acids is 1. The van der Waals surface area contributed by atoms with Crippen molar-refractivity contribution < 1.29 is 23.8 Å². The number of allylic oxidation sites excluding steroid dienone is 1. The van der Waals surface area contributed by atoms with Gasteiger partial charge in [0.1, 0.15) is 11.3 Å². The molecule has 0 aliphatic carbocycles. The molecule has 1 amide bonds. The second kappa shape index (κ2) is 8.65. The lowest BCUT2D eigenvalue weighted by Gasteiger charge is -2.11. The van der Waals surface area contributed by atoms with Gasteiger partial charge in [-0.15, -0.1) is 0 Å². The molecule has 0 saturated carbocycles. The van der Waals surface area contributed by atoms with Gasteiger partial charge in [0.15, 0.2) is 0 Å². The third kappa shape index (κ3) is 4.66. The van der Waals surface area contributed by atoms with E-state index in [2.05, 4.69) is 5.32 Å². The fourth-order valence-corrected chi connectivity index (χ4v) is 3.05. The van der Waals surface area contributed by atoms with Crippen LogP contribution < -0.4 is 10.1 Å². The summed E-state index contributed by atoms with van der Waals surface area (Å²) in [5, 5.41) is 12.7. The normalized spacial score (nSPS) is 11.5. The highest BCUT2D eigenvalue weighted by Gasteiger charge is 2.13. The molecule has 0 spiro atoms. The topological polar surface area (TPSA) is 88.8 Å². The minimum Gasteiger partial charge on any atom is -0.493 e. The first-order chi connectivity index (χ1) is 13.9. The molecule has 2 N–H and O–H groups in total. The van der Waals surface area contributed by atoms with Gasteiger partial charge in [-0.05, 0) is 55.7 Å². The van der Waals surface area contributed by atoms with Gasteiger partial charge in [0, 0.05) is 29.6 Å². The lowest BCUT2D eigenvalue weighted by Crippen LogP contribution is -2.20. The van der Waals surface area contributed by atoms with E-state index in [-0.39, 0.29) is 11.5 Å². The van der Waals surface area contributed by atoms with Gasteiger partial charge in [-0.1, -0.05) is 12.1 Å². The zero-order valence-corrected chi connectivity index (χ0v) is 16.6. The molecule has 0 radical (unpaired) electrons. The number of fused-ring (bicyclic) bond motifs is 1. The van der Waals surface area contributed by atoms with Crippen molar-refractivity contribution in [1.82, 2.24) is 5.32 Å². The lowest BCUT2D eigenvalue weighted by molar-refractivity contribution is -0.116. The van der Waals surface area contributed by atoms with Crippen LogP contribution in [0, 0.1) is 6.92 Å². The van der Waals surface area contributed by atoms with Crippen LogP contribution in [-0.2, 0) is 11.3 Å². The van der Waals surface area contributed by atoms with Crippen molar-refractivity contribution in [3.8, 4) is 5.75 Å². The number of ether oxygens (including phenoxy) is 1. The summed E-state index contributed by atoms with van der Waals surface area (Å²) in [7, 11) is 0. The van der Waals surface area contributed by atoms with Crippen LogP contribution >= 0.6 is 0 Å². The molecular weight excluding hydrogens is 370 g/mol. The van der Waals surface area contributed by atoms with Crippen molar-refractivity contribution >= 4 is 28.4 Å². The van der Waals surface area contributed by atoms with Gasteiger partial charge < -0.3 is 19.6 Å². The molecular formula is C23H23NO5. The summed E-state index contributed by atoms with van der Waals surface area (Å²) in [6.07, 6.45) is 3.23. The predicted molar refractivity (Wildman–Crippen MR) is 111 cm³/mol. The first-order valence-electron chi connectivity index (χ1n) is 9.32. The maximum absolute atomic E-state index is 12.4. The Morgan fingerprint density at radius 1 is 1.21 bits per heavy atom. The molecule has 6 heteroatoms. The number of amides is 1. The van der Waals surface area contributed by atoms with E-state index in [1.165, 1.54) is 18.2 Å². The molecule has 3 rings (SSSR count). The Kier molecular flexibility index (Phi) is 6.02. The Morgan fingerprint density at radius 3 is 2.59 bits per heavy atom. The first kappa shape index (κ1) is 20.2.